The van der Waals surface area contributed by atoms with Crippen molar-refractivity contribution in [2.24, 2.45) is 0 Å². The normalized spacial score (nSPS) is 12.7. The second-order valence-corrected chi connectivity index (χ2v) is 3.13. The summed E-state index contributed by atoms with van der Waals surface area (Å²) < 4.78 is 4.72. The highest BCUT2D eigenvalue weighted by atomic mass is 35.5. The molecule has 0 aliphatic rings. The number of benzene rings is 1. The summed E-state index contributed by atoms with van der Waals surface area (Å²) in [6.07, 6.45) is 1.52. The lowest BCUT2D eigenvalue weighted by Gasteiger charge is -2.04. The standard InChI is InChI=1S/C10H8ClNO/c11-10(9-6-7-13-12-9)8-4-2-1-3-5-8/h1-7,10H. The van der Waals surface area contributed by atoms with Crippen LogP contribution in [0.4, 0.5) is 0 Å². The Kier molecular flexibility index (Phi) is 2.32. The molecule has 66 valence electrons. The lowest BCUT2D eigenvalue weighted by molar-refractivity contribution is 0.412. The molecule has 0 aliphatic heterocycles. The maximum absolute atomic E-state index is 6.15. The molecule has 3 heteroatoms. The van der Waals surface area contributed by atoms with Crippen molar-refractivity contribution in [2.45, 2.75) is 5.38 Å². The maximum Gasteiger partial charge on any atom is 0.124 e. The lowest BCUT2D eigenvalue weighted by atomic mass is 10.1. The predicted molar refractivity (Wildman–Crippen MR) is 50.6 cm³/mol. The highest BCUT2D eigenvalue weighted by Gasteiger charge is 2.12. The Morgan fingerprint density at radius 2 is 1.92 bits per heavy atom. The summed E-state index contributed by atoms with van der Waals surface area (Å²) in [7, 11) is 0. The topological polar surface area (TPSA) is 26.0 Å². The first-order chi connectivity index (χ1) is 6.38. The Morgan fingerprint density at radius 3 is 2.54 bits per heavy atom. The molecule has 0 N–H and O–H groups in total. The first-order valence-electron chi connectivity index (χ1n) is 3.97. The molecule has 0 saturated heterocycles. The summed E-state index contributed by atoms with van der Waals surface area (Å²) in [4.78, 5) is 0. The zero-order valence-electron chi connectivity index (χ0n) is 6.85. The van der Waals surface area contributed by atoms with Crippen LogP contribution in [0.3, 0.4) is 0 Å². The fraction of sp³-hybridized carbons (Fsp3) is 0.100. The molecule has 1 unspecified atom stereocenters. The molecule has 13 heavy (non-hydrogen) atoms. The van der Waals surface area contributed by atoms with Crippen LogP contribution >= 0.6 is 11.6 Å². The van der Waals surface area contributed by atoms with Crippen LogP contribution < -0.4 is 0 Å². The van der Waals surface area contributed by atoms with Crippen LogP contribution in [0.2, 0.25) is 0 Å². The Labute approximate surface area is 81.1 Å². The summed E-state index contributed by atoms with van der Waals surface area (Å²) in [6.45, 7) is 0. The fourth-order valence-corrected chi connectivity index (χ4v) is 1.40. The molecule has 0 spiro atoms. The Bertz CT molecular complexity index is 358. The predicted octanol–water partition coefficient (Wildman–Crippen LogP) is 3.00. The van der Waals surface area contributed by atoms with Crippen molar-refractivity contribution in [2.75, 3.05) is 0 Å². The first-order valence-corrected chi connectivity index (χ1v) is 4.41. The summed E-state index contributed by atoms with van der Waals surface area (Å²) in [5.74, 6) is 0. The number of nitrogens with zero attached hydrogens (tertiary/aromatic N) is 1. The van der Waals surface area contributed by atoms with E-state index >= 15 is 0 Å². The minimum Gasteiger partial charge on any atom is -0.364 e. The zero-order chi connectivity index (χ0) is 9.10. The van der Waals surface area contributed by atoms with E-state index in [-0.39, 0.29) is 5.38 Å². The molecule has 2 aromatic rings. The molecule has 0 bridgehead atoms. The molecule has 1 aromatic heterocycles. The number of hydrogen-bond donors (Lipinski definition) is 0. The van der Waals surface area contributed by atoms with Gasteiger partial charge in [0.05, 0.1) is 0 Å². The van der Waals surface area contributed by atoms with E-state index in [2.05, 4.69) is 5.16 Å². The zero-order valence-corrected chi connectivity index (χ0v) is 7.61. The van der Waals surface area contributed by atoms with Crippen molar-refractivity contribution in [3.63, 3.8) is 0 Å². The van der Waals surface area contributed by atoms with Crippen LogP contribution in [0.5, 0.6) is 0 Å². The van der Waals surface area contributed by atoms with Gasteiger partial charge in [-0.3, -0.25) is 0 Å². The van der Waals surface area contributed by atoms with Crippen molar-refractivity contribution in [1.82, 2.24) is 5.16 Å². The van der Waals surface area contributed by atoms with Crippen LogP contribution in [-0.4, -0.2) is 5.16 Å². The lowest BCUT2D eigenvalue weighted by Crippen LogP contribution is -1.92. The van der Waals surface area contributed by atoms with E-state index in [0.717, 1.165) is 11.3 Å². The van der Waals surface area contributed by atoms with Crippen molar-refractivity contribution in [3.05, 3.63) is 53.9 Å². The molecule has 0 aliphatic carbocycles. The van der Waals surface area contributed by atoms with Crippen LogP contribution in [0.15, 0.2) is 47.2 Å². The van der Waals surface area contributed by atoms with Gasteiger partial charge < -0.3 is 4.52 Å². The molecule has 0 radical (unpaired) electrons. The van der Waals surface area contributed by atoms with Crippen LogP contribution in [-0.2, 0) is 0 Å². The Hall–Kier alpha value is -1.28. The minimum absolute atomic E-state index is 0.222. The third-order valence-corrected chi connectivity index (χ3v) is 2.29. The monoisotopic (exact) mass is 193 g/mol. The second kappa shape index (κ2) is 3.62. The largest absolute Gasteiger partial charge is 0.364 e. The van der Waals surface area contributed by atoms with Crippen molar-refractivity contribution in [1.29, 1.82) is 0 Å². The number of alkyl halides is 1. The van der Waals surface area contributed by atoms with E-state index in [4.69, 9.17) is 16.1 Å². The van der Waals surface area contributed by atoms with Gasteiger partial charge in [-0.15, -0.1) is 11.6 Å². The third kappa shape index (κ3) is 1.73. The van der Waals surface area contributed by atoms with Gasteiger partial charge in [0.15, 0.2) is 0 Å². The first kappa shape index (κ1) is 8.32. The molecular formula is C10H8ClNO. The van der Waals surface area contributed by atoms with E-state index in [9.17, 15) is 0 Å². The van der Waals surface area contributed by atoms with E-state index < -0.39 is 0 Å². The molecule has 2 nitrogen and oxygen atoms in total. The van der Waals surface area contributed by atoms with Gasteiger partial charge in [0.2, 0.25) is 0 Å². The summed E-state index contributed by atoms with van der Waals surface area (Å²) in [5.41, 5.74) is 1.77. The molecule has 2 rings (SSSR count). The number of rotatable bonds is 2. The van der Waals surface area contributed by atoms with Gasteiger partial charge in [0, 0.05) is 6.07 Å². The minimum atomic E-state index is -0.222. The summed E-state index contributed by atoms with van der Waals surface area (Å²) >= 11 is 6.15. The molecular weight excluding hydrogens is 186 g/mol. The third-order valence-electron chi connectivity index (χ3n) is 1.81. The fourth-order valence-electron chi connectivity index (χ4n) is 1.15. The van der Waals surface area contributed by atoms with Crippen LogP contribution in [0.25, 0.3) is 0 Å². The van der Waals surface area contributed by atoms with Gasteiger partial charge in [-0.2, -0.15) is 0 Å². The summed E-state index contributed by atoms with van der Waals surface area (Å²) in [6, 6.07) is 11.6. The number of aromatic nitrogens is 1. The van der Waals surface area contributed by atoms with Crippen molar-refractivity contribution in [3.8, 4) is 0 Å². The highest BCUT2D eigenvalue weighted by Crippen LogP contribution is 2.26. The Balaban J connectivity index is 2.29. The van der Waals surface area contributed by atoms with E-state index in [1.54, 1.807) is 6.07 Å². The average Bonchev–Trinajstić information content (AvgIpc) is 2.71. The molecule has 1 heterocycles. The van der Waals surface area contributed by atoms with Gasteiger partial charge in [0.25, 0.3) is 0 Å². The average molecular weight is 194 g/mol. The van der Waals surface area contributed by atoms with Gasteiger partial charge in [-0.1, -0.05) is 35.5 Å². The molecule has 0 amide bonds. The Morgan fingerprint density at radius 1 is 1.15 bits per heavy atom. The SMILES string of the molecule is ClC(c1ccccc1)c1ccon1. The molecule has 1 aromatic carbocycles. The van der Waals surface area contributed by atoms with Gasteiger partial charge >= 0.3 is 0 Å². The smallest absolute Gasteiger partial charge is 0.124 e. The van der Waals surface area contributed by atoms with E-state index in [1.807, 2.05) is 30.3 Å². The van der Waals surface area contributed by atoms with E-state index in [0.29, 0.717) is 0 Å². The molecule has 0 saturated carbocycles. The highest BCUT2D eigenvalue weighted by molar-refractivity contribution is 6.22. The number of halogens is 1. The molecule has 0 fully saturated rings. The van der Waals surface area contributed by atoms with Crippen molar-refractivity contribution < 1.29 is 4.52 Å². The summed E-state index contributed by atoms with van der Waals surface area (Å²) in [5, 5.41) is 3.56. The van der Waals surface area contributed by atoms with Crippen molar-refractivity contribution >= 4 is 11.6 Å². The van der Waals surface area contributed by atoms with Gasteiger partial charge in [-0.05, 0) is 5.56 Å². The van der Waals surface area contributed by atoms with Crippen LogP contribution in [0, 0.1) is 0 Å². The molecule has 1 atom stereocenters. The maximum atomic E-state index is 6.15. The van der Waals surface area contributed by atoms with Crippen LogP contribution in [0.1, 0.15) is 16.6 Å². The second-order valence-electron chi connectivity index (χ2n) is 2.70. The van der Waals surface area contributed by atoms with Gasteiger partial charge in [0.1, 0.15) is 17.3 Å². The quantitative estimate of drug-likeness (QED) is 0.686. The number of hydrogen-bond acceptors (Lipinski definition) is 2. The van der Waals surface area contributed by atoms with E-state index in [1.165, 1.54) is 6.26 Å². The van der Waals surface area contributed by atoms with Gasteiger partial charge in [-0.25, -0.2) is 0 Å².